The first-order valence-corrected chi connectivity index (χ1v) is 8.65. The third-order valence-electron chi connectivity index (χ3n) is 4.54. The number of amides is 2. The van der Waals surface area contributed by atoms with Gasteiger partial charge in [-0.15, -0.1) is 0 Å². The maximum absolute atomic E-state index is 13.0. The van der Waals surface area contributed by atoms with Gasteiger partial charge in [0.2, 0.25) is 5.91 Å². The van der Waals surface area contributed by atoms with Crippen LogP contribution in [-0.4, -0.2) is 40.8 Å². The molecule has 3 rings (SSSR count). The standard InChI is InChI=1S/C19H23N3O3/c1-4-21(19(24)16-17(13(2)3)25-12-20-16)15-10-11-22(18(15)23)14-8-6-5-7-9-14/h5-9,12-13,15H,4,10-11H2,1-3H3/t15-/m1/s1. The number of anilines is 1. The van der Waals surface area contributed by atoms with E-state index in [2.05, 4.69) is 4.98 Å². The Hall–Kier alpha value is -2.63. The van der Waals surface area contributed by atoms with Crippen molar-refractivity contribution < 1.29 is 14.0 Å². The molecule has 2 aromatic rings. The van der Waals surface area contributed by atoms with E-state index in [1.807, 2.05) is 51.1 Å². The molecule has 2 amide bonds. The monoisotopic (exact) mass is 341 g/mol. The summed E-state index contributed by atoms with van der Waals surface area (Å²) in [5, 5.41) is 0. The molecule has 1 saturated heterocycles. The zero-order valence-corrected chi connectivity index (χ0v) is 14.8. The van der Waals surface area contributed by atoms with Gasteiger partial charge in [-0.1, -0.05) is 32.0 Å². The molecule has 0 saturated carbocycles. The van der Waals surface area contributed by atoms with E-state index in [1.165, 1.54) is 6.39 Å². The van der Waals surface area contributed by atoms with Crippen LogP contribution in [0.2, 0.25) is 0 Å². The summed E-state index contributed by atoms with van der Waals surface area (Å²) in [7, 11) is 0. The number of benzene rings is 1. The number of carbonyl (C=O) groups is 2. The molecule has 0 bridgehead atoms. The van der Waals surface area contributed by atoms with E-state index in [9.17, 15) is 9.59 Å². The molecular weight excluding hydrogens is 318 g/mol. The van der Waals surface area contributed by atoms with Crippen molar-refractivity contribution in [3.05, 3.63) is 48.2 Å². The third-order valence-corrected chi connectivity index (χ3v) is 4.54. The van der Waals surface area contributed by atoms with Gasteiger partial charge in [0.25, 0.3) is 5.91 Å². The fourth-order valence-electron chi connectivity index (χ4n) is 3.29. The predicted molar refractivity (Wildman–Crippen MR) is 94.5 cm³/mol. The zero-order chi connectivity index (χ0) is 18.0. The molecule has 1 aliphatic heterocycles. The molecule has 0 radical (unpaired) electrons. The van der Waals surface area contributed by atoms with E-state index < -0.39 is 6.04 Å². The lowest BCUT2D eigenvalue weighted by molar-refractivity contribution is -0.120. The molecule has 1 atom stereocenters. The Labute approximate surface area is 147 Å². The smallest absolute Gasteiger partial charge is 0.276 e. The Kier molecular flexibility index (Phi) is 4.88. The van der Waals surface area contributed by atoms with Crippen molar-refractivity contribution >= 4 is 17.5 Å². The van der Waals surface area contributed by atoms with Gasteiger partial charge in [0, 0.05) is 24.7 Å². The quantitative estimate of drug-likeness (QED) is 0.838. The van der Waals surface area contributed by atoms with Crippen LogP contribution in [0.4, 0.5) is 5.69 Å². The zero-order valence-electron chi connectivity index (χ0n) is 14.8. The summed E-state index contributed by atoms with van der Waals surface area (Å²) in [5.41, 5.74) is 1.17. The molecule has 0 N–H and O–H groups in total. The van der Waals surface area contributed by atoms with Gasteiger partial charge in [-0.25, -0.2) is 4.98 Å². The van der Waals surface area contributed by atoms with Gasteiger partial charge in [0.1, 0.15) is 11.8 Å². The van der Waals surface area contributed by atoms with Crippen molar-refractivity contribution in [3.63, 3.8) is 0 Å². The lowest BCUT2D eigenvalue weighted by atomic mass is 10.1. The number of hydrogen-bond acceptors (Lipinski definition) is 4. The van der Waals surface area contributed by atoms with Crippen LogP contribution >= 0.6 is 0 Å². The SMILES string of the molecule is CCN(C(=O)c1ncoc1C(C)C)[C@@H]1CCN(c2ccccc2)C1=O. The van der Waals surface area contributed by atoms with Crippen LogP contribution in [0.15, 0.2) is 41.1 Å². The fourth-order valence-corrected chi connectivity index (χ4v) is 3.29. The van der Waals surface area contributed by atoms with Crippen LogP contribution in [0.3, 0.4) is 0 Å². The lowest BCUT2D eigenvalue weighted by Crippen LogP contribution is -2.45. The molecule has 132 valence electrons. The van der Waals surface area contributed by atoms with Crippen LogP contribution in [0.5, 0.6) is 0 Å². The van der Waals surface area contributed by atoms with Crippen molar-refractivity contribution in [1.82, 2.24) is 9.88 Å². The minimum absolute atomic E-state index is 0.0454. The minimum Gasteiger partial charge on any atom is -0.447 e. The highest BCUT2D eigenvalue weighted by molar-refractivity contribution is 6.03. The maximum Gasteiger partial charge on any atom is 0.276 e. The molecule has 0 unspecified atom stereocenters. The molecule has 6 nitrogen and oxygen atoms in total. The topological polar surface area (TPSA) is 66.7 Å². The molecule has 1 aromatic heterocycles. The third kappa shape index (κ3) is 3.16. The van der Waals surface area contributed by atoms with Crippen molar-refractivity contribution in [2.75, 3.05) is 18.0 Å². The highest BCUT2D eigenvalue weighted by Gasteiger charge is 2.39. The van der Waals surface area contributed by atoms with Crippen LogP contribution in [0.1, 0.15) is 49.4 Å². The Bertz CT molecular complexity index is 754. The number of oxazole rings is 1. The van der Waals surface area contributed by atoms with E-state index in [1.54, 1.807) is 9.80 Å². The number of aromatic nitrogens is 1. The van der Waals surface area contributed by atoms with Gasteiger partial charge < -0.3 is 14.2 Å². The van der Waals surface area contributed by atoms with Crippen LogP contribution in [-0.2, 0) is 4.79 Å². The second kappa shape index (κ2) is 7.09. The minimum atomic E-state index is -0.464. The first-order chi connectivity index (χ1) is 12.0. The maximum atomic E-state index is 13.0. The van der Waals surface area contributed by atoms with Gasteiger partial charge in [-0.05, 0) is 25.5 Å². The summed E-state index contributed by atoms with van der Waals surface area (Å²) in [6, 6.07) is 9.09. The van der Waals surface area contributed by atoms with Crippen molar-refractivity contribution in [1.29, 1.82) is 0 Å². The Balaban J connectivity index is 1.83. The summed E-state index contributed by atoms with van der Waals surface area (Å²) >= 11 is 0. The van der Waals surface area contributed by atoms with E-state index in [-0.39, 0.29) is 17.7 Å². The average molecular weight is 341 g/mol. The van der Waals surface area contributed by atoms with Gasteiger partial charge in [-0.2, -0.15) is 0 Å². The summed E-state index contributed by atoms with van der Waals surface area (Å²) < 4.78 is 5.37. The molecule has 25 heavy (non-hydrogen) atoms. The summed E-state index contributed by atoms with van der Waals surface area (Å²) in [5.74, 6) is 0.332. The van der Waals surface area contributed by atoms with Crippen molar-refractivity contribution in [3.8, 4) is 0 Å². The van der Waals surface area contributed by atoms with Crippen molar-refractivity contribution in [2.45, 2.75) is 39.2 Å². The van der Waals surface area contributed by atoms with Crippen LogP contribution < -0.4 is 4.90 Å². The summed E-state index contributed by atoms with van der Waals surface area (Å²) in [6.45, 7) is 6.83. The second-order valence-corrected chi connectivity index (χ2v) is 6.44. The first-order valence-electron chi connectivity index (χ1n) is 8.65. The predicted octanol–water partition coefficient (Wildman–Crippen LogP) is 3.07. The van der Waals surface area contributed by atoms with Gasteiger partial charge in [0.05, 0.1) is 0 Å². The van der Waals surface area contributed by atoms with Crippen LogP contribution in [0.25, 0.3) is 0 Å². The number of likely N-dealkylation sites (N-methyl/N-ethyl adjacent to an activating group) is 1. The summed E-state index contributed by atoms with van der Waals surface area (Å²) in [4.78, 5) is 33.3. The van der Waals surface area contributed by atoms with E-state index in [0.29, 0.717) is 31.0 Å². The number of rotatable bonds is 5. The van der Waals surface area contributed by atoms with Gasteiger partial charge >= 0.3 is 0 Å². The molecular formula is C19H23N3O3. The number of hydrogen-bond donors (Lipinski definition) is 0. The van der Waals surface area contributed by atoms with Gasteiger partial charge in [0.15, 0.2) is 12.1 Å². The molecule has 6 heteroatoms. The van der Waals surface area contributed by atoms with Crippen molar-refractivity contribution in [2.24, 2.45) is 0 Å². The fraction of sp³-hybridized carbons (Fsp3) is 0.421. The lowest BCUT2D eigenvalue weighted by Gasteiger charge is -2.26. The Morgan fingerprint density at radius 1 is 1.36 bits per heavy atom. The Morgan fingerprint density at radius 3 is 2.72 bits per heavy atom. The molecule has 1 fully saturated rings. The van der Waals surface area contributed by atoms with E-state index in [0.717, 1.165) is 5.69 Å². The van der Waals surface area contributed by atoms with E-state index >= 15 is 0 Å². The molecule has 1 aliphatic rings. The number of nitrogens with zero attached hydrogens (tertiary/aromatic N) is 3. The molecule has 2 heterocycles. The largest absolute Gasteiger partial charge is 0.447 e. The Morgan fingerprint density at radius 2 is 2.08 bits per heavy atom. The van der Waals surface area contributed by atoms with E-state index in [4.69, 9.17) is 4.42 Å². The summed E-state index contributed by atoms with van der Waals surface area (Å²) in [6.07, 6.45) is 1.91. The number of para-hydroxylation sites is 1. The highest BCUT2D eigenvalue weighted by Crippen LogP contribution is 2.26. The molecule has 0 spiro atoms. The second-order valence-electron chi connectivity index (χ2n) is 6.44. The first kappa shape index (κ1) is 17.2. The van der Waals surface area contributed by atoms with Crippen LogP contribution in [0, 0.1) is 0 Å². The van der Waals surface area contributed by atoms with Gasteiger partial charge in [-0.3, -0.25) is 9.59 Å². The molecule has 0 aliphatic carbocycles. The normalized spacial score (nSPS) is 17.4. The average Bonchev–Trinajstić information content (AvgIpc) is 3.24. The molecule has 1 aromatic carbocycles. The highest BCUT2D eigenvalue weighted by atomic mass is 16.3. The number of carbonyl (C=O) groups excluding carboxylic acids is 2.